The highest BCUT2D eigenvalue weighted by Gasteiger charge is 2.43. The van der Waals surface area contributed by atoms with Gasteiger partial charge in [0.05, 0.1) is 0 Å². The standard InChI is InChI=1S/C11H15NO3S/c1-16-6-9(8-4-2-3-5-8)11(12,7-13)10(14)15/h2-4,7,9H,5-6,12H2,1H3,(H,14,15). The summed E-state index contributed by atoms with van der Waals surface area (Å²) in [7, 11) is 0. The molecule has 16 heavy (non-hydrogen) atoms. The van der Waals surface area contributed by atoms with Crippen molar-refractivity contribution in [3.05, 3.63) is 23.8 Å². The highest BCUT2D eigenvalue weighted by molar-refractivity contribution is 7.98. The maximum Gasteiger partial charge on any atom is 0.331 e. The molecule has 0 aliphatic heterocycles. The molecule has 0 saturated carbocycles. The van der Waals surface area contributed by atoms with Crippen LogP contribution >= 0.6 is 11.8 Å². The molecule has 0 heterocycles. The molecule has 1 aliphatic carbocycles. The molecule has 0 saturated heterocycles. The normalized spacial score (nSPS) is 20.0. The SMILES string of the molecule is CSCC(C1=CC=CC1)C(N)(C=O)C(=O)O. The van der Waals surface area contributed by atoms with Crippen molar-refractivity contribution in [2.24, 2.45) is 11.7 Å². The Bertz CT molecular complexity index is 351. The van der Waals surface area contributed by atoms with Crippen LogP contribution in [0.5, 0.6) is 0 Å². The third-order valence-electron chi connectivity index (χ3n) is 2.72. The number of carboxylic acid groups (broad SMARTS) is 1. The van der Waals surface area contributed by atoms with Gasteiger partial charge in [0.2, 0.25) is 0 Å². The molecule has 0 bridgehead atoms. The van der Waals surface area contributed by atoms with Crippen molar-refractivity contribution in [3.63, 3.8) is 0 Å². The van der Waals surface area contributed by atoms with Crippen molar-refractivity contribution in [2.45, 2.75) is 12.0 Å². The zero-order valence-corrected chi connectivity index (χ0v) is 9.87. The highest BCUT2D eigenvalue weighted by Crippen LogP contribution is 2.30. The summed E-state index contributed by atoms with van der Waals surface area (Å²) in [5, 5.41) is 9.08. The summed E-state index contributed by atoms with van der Waals surface area (Å²) in [5.41, 5.74) is 4.79. The first-order valence-corrected chi connectivity index (χ1v) is 6.28. The molecule has 0 spiro atoms. The molecule has 3 N–H and O–H groups in total. The molecule has 0 fully saturated rings. The Labute approximate surface area is 98.6 Å². The summed E-state index contributed by atoms with van der Waals surface area (Å²) in [6.45, 7) is 0. The number of aldehydes is 1. The summed E-state index contributed by atoms with van der Waals surface area (Å²) in [6.07, 6.45) is 8.50. The van der Waals surface area contributed by atoms with Gasteiger partial charge in [0, 0.05) is 11.7 Å². The van der Waals surface area contributed by atoms with Crippen molar-refractivity contribution in [1.29, 1.82) is 0 Å². The fraction of sp³-hybridized carbons (Fsp3) is 0.455. The Morgan fingerprint density at radius 2 is 2.50 bits per heavy atom. The van der Waals surface area contributed by atoms with Crippen LogP contribution in [0.1, 0.15) is 6.42 Å². The van der Waals surface area contributed by atoms with Gasteiger partial charge in [-0.05, 0) is 12.7 Å². The fourth-order valence-electron chi connectivity index (χ4n) is 1.72. The number of nitrogens with two attached hydrogens (primary N) is 1. The van der Waals surface area contributed by atoms with Gasteiger partial charge in [-0.2, -0.15) is 11.8 Å². The first-order valence-electron chi connectivity index (χ1n) is 4.89. The molecular weight excluding hydrogens is 226 g/mol. The number of carboxylic acids is 1. The van der Waals surface area contributed by atoms with Crippen molar-refractivity contribution < 1.29 is 14.7 Å². The van der Waals surface area contributed by atoms with E-state index in [0.29, 0.717) is 18.5 Å². The van der Waals surface area contributed by atoms with E-state index < -0.39 is 17.4 Å². The first-order chi connectivity index (χ1) is 7.56. The van der Waals surface area contributed by atoms with Crippen LogP contribution in [0.25, 0.3) is 0 Å². The smallest absolute Gasteiger partial charge is 0.331 e. The Morgan fingerprint density at radius 1 is 1.81 bits per heavy atom. The van der Waals surface area contributed by atoms with Crippen LogP contribution in [0.3, 0.4) is 0 Å². The summed E-state index contributed by atoms with van der Waals surface area (Å²) < 4.78 is 0. The van der Waals surface area contributed by atoms with E-state index in [2.05, 4.69) is 0 Å². The van der Waals surface area contributed by atoms with Crippen molar-refractivity contribution in [1.82, 2.24) is 0 Å². The van der Waals surface area contributed by atoms with Gasteiger partial charge in [-0.1, -0.05) is 23.8 Å². The van der Waals surface area contributed by atoms with Gasteiger partial charge in [-0.25, -0.2) is 4.79 Å². The summed E-state index contributed by atoms with van der Waals surface area (Å²) in [5.74, 6) is -1.20. The second kappa shape index (κ2) is 5.32. The van der Waals surface area contributed by atoms with E-state index in [1.54, 1.807) is 0 Å². The van der Waals surface area contributed by atoms with Gasteiger partial charge in [0.25, 0.3) is 0 Å². The predicted molar refractivity (Wildman–Crippen MR) is 64.3 cm³/mol. The summed E-state index contributed by atoms with van der Waals surface area (Å²) in [6, 6.07) is 0. The molecule has 0 amide bonds. The number of carbonyl (C=O) groups is 2. The van der Waals surface area contributed by atoms with Crippen LogP contribution in [-0.4, -0.2) is 34.9 Å². The Morgan fingerprint density at radius 3 is 2.88 bits per heavy atom. The van der Waals surface area contributed by atoms with E-state index in [4.69, 9.17) is 10.8 Å². The number of rotatable bonds is 6. The van der Waals surface area contributed by atoms with Crippen molar-refractivity contribution in [3.8, 4) is 0 Å². The molecule has 0 aromatic rings. The van der Waals surface area contributed by atoms with Crippen LogP contribution in [0, 0.1) is 5.92 Å². The van der Waals surface area contributed by atoms with Crippen LogP contribution in [0.4, 0.5) is 0 Å². The van der Waals surface area contributed by atoms with Gasteiger partial charge in [-0.3, -0.25) is 0 Å². The van der Waals surface area contributed by atoms with E-state index in [1.165, 1.54) is 11.8 Å². The molecule has 0 aromatic carbocycles. The Balaban J connectivity index is 2.99. The van der Waals surface area contributed by atoms with Crippen LogP contribution in [0.15, 0.2) is 23.8 Å². The third-order valence-corrected chi connectivity index (χ3v) is 3.39. The lowest BCUT2D eigenvalue weighted by Gasteiger charge is -2.29. The molecule has 2 atom stereocenters. The molecule has 88 valence electrons. The highest BCUT2D eigenvalue weighted by atomic mass is 32.2. The molecule has 1 aliphatic rings. The van der Waals surface area contributed by atoms with Gasteiger partial charge in [-0.15, -0.1) is 0 Å². The van der Waals surface area contributed by atoms with Gasteiger partial charge < -0.3 is 15.6 Å². The van der Waals surface area contributed by atoms with E-state index in [9.17, 15) is 9.59 Å². The van der Waals surface area contributed by atoms with Gasteiger partial charge in [0.1, 0.15) is 0 Å². The maximum absolute atomic E-state index is 11.1. The molecule has 0 radical (unpaired) electrons. The number of carbonyl (C=O) groups excluding carboxylic acids is 1. The lowest BCUT2D eigenvalue weighted by molar-refractivity contribution is -0.146. The Hall–Kier alpha value is -1.07. The average molecular weight is 241 g/mol. The average Bonchev–Trinajstić information content (AvgIpc) is 2.77. The van der Waals surface area contributed by atoms with E-state index in [0.717, 1.165) is 5.57 Å². The monoisotopic (exact) mass is 241 g/mol. The minimum absolute atomic E-state index is 0.343. The lowest BCUT2D eigenvalue weighted by atomic mass is 9.81. The van der Waals surface area contributed by atoms with E-state index in [-0.39, 0.29) is 0 Å². The molecule has 2 unspecified atom stereocenters. The molecule has 4 nitrogen and oxygen atoms in total. The van der Waals surface area contributed by atoms with E-state index in [1.807, 2.05) is 24.5 Å². The van der Waals surface area contributed by atoms with Crippen LogP contribution in [-0.2, 0) is 9.59 Å². The molecular formula is C11H15NO3S. The van der Waals surface area contributed by atoms with Crippen LogP contribution < -0.4 is 5.73 Å². The van der Waals surface area contributed by atoms with Crippen molar-refractivity contribution >= 4 is 24.0 Å². The molecule has 5 heteroatoms. The largest absolute Gasteiger partial charge is 0.480 e. The fourth-order valence-corrected chi connectivity index (χ4v) is 2.55. The minimum Gasteiger partial charge on any atom is -0.480 e. The quantitative estimate of drug-likeness (QED) is 0.532. The number of hydrogen-bond donors (Lipinski definition) is 2. The topological polar surface area (TPSA) is 80.4 Å². The number of allylic oxidation sites excluding steroid dienone is 3. The number of thioether (sulfide) groups is 1. The van der Waals surface area contributed by atoms with Gasteiger partial charge in [0.15, 0.2) is 11.8 Å². The van der Waals surface area contributed by atoms with Crippen LogP contribution in [0.2, 0.25) is 0 Å². The predicted octanol–water partition coefficient (Wildman–Crippen LogP) is 0.833. The summed E-state index contributed by atoms with van der Waals surface area (Å²) >= 11 is 1.49. The second-order valence-corrected chi connectivity index (χ2v) is 4.65. The molecule has 0 aromatic heterocycles. The number of hydrogen-bond acceptors (Lipinski definition) is 4. The minimum atomic E-state index is -1.82. The van der Waals surface area contributed by atoms with E-state index >= 15 is 0 Å². The number of aliphatic carboxylic acids is 1. The Kier molecular flexibility index (Phi) is 4.32. The zero-order valence-electron chi connectivity index (χ0n) is 9.05. The third kappa shape index (κ3) is 2.36. The maximum atomic E-state index is 11.1. The zero-order chi connectivity index (χ0) is 12.2. The first kappa shape index (κ1) is 13.0. The lowest BCUT2D eigenvalue weighted by Crippen LogP contribution is -2.57. The summed E-state index contributed by atoms with van der Waals surface area (Å²) in [4.78, 5) is 22.1. The molecule has 1 rings (SSSR count). The second-order valence-electron chi connectivity index (χ2n) is 3.74. The van der Waals surface area contributed by atoms with Crippen molar-refractivity contribution in [2.75, 3.05) is 12.0 Å². The van der Waals surface area contributed by atoms with Gasteiger partial charge >= 0.3 is 5.97 Å².